The number of sulfonamides is 1. The summed E-state index contributed by atoms with van der Waals surface area (Å²) in [5.74, 6) is 0.277. The Balaban J connectivity index is 2.80. The van der Waals surface area contributed by atoms with E-state index in [0.29, 0.717) is 11.4 Å². The van der Waals surface area contributed by atoms with Gasteiger partial charge in [-0.2, -0.15) is 0 Å². The van der Waals surface area contributed by atoms with Gasteiger partial charge in [-0.1, -0.05) is 0 Å². The number of nitrogens with zero attached hydrogens (tertiary/aromatic N) is 1. The van der Waals surface area contributed by atoms with Crippen molar-refractivity contribution in [1.82, 2.24) is 5.32 Å². The van der Waals surface area contributed by atoms with Crippen LogP contribution in [0.1, 0.15) is 6.92 Å². The molecule has 0 aromatic heterocycles. The molecule has 0 spiro atoms. The summed E-state index contributed by atoms with van der Waals surface area (Å²) in [5, 5.41) is 2.48. The molecule has 1 N–H and O–H groups in total. The van der Waals surface area contributed by atoms with Crippen LogP contribution < -0.4 is 14.4 Å². The molecule has 0 aliphatic carbocycles. The van der Waals surface area contributed by atoms with Crippen molar-refractivity contribution < 1.29 is 17.9 Å². The van der Waals surface area contributed by atoms with Crippen LogP contribution in [0.3, 0.4) is 0 Å². The van der Waals surface area contributed by atoms with Crippen LogP contribution in [0.2, 0.25) is 0 Å². The molecule has 0 aliphatic rings. The van der Waals surface area contributed by atoms with Crippen LogP contribution in [-0.2, 0) is 14.8 Å². The molecule has 0 heterocycles. The molecule has 1 amide bonds. The van der Waals surface area contributed by atoms with Gasteiger partial charge in [0.2, 0.25) is 10.0 Å². The number of hydrogen-bond donors (Lipinski definition) is 1. The topological polar surface area (TPSA) is 75.7 Å². The normalized spacial score (nSPS) is 12.6. The average Bonchev–Trinajstić information content (AvgIpc) is 2.36. The van der Waals surface area contributed by atoms with Gasteiger partial charge in [0.15, 0.2) is 6.10 Å². The predicted octanol–water partition coefficient (Wildman–Crippen LogP) is 0.596. The first-order valence-electron chi connectivity index (χ1n) is 5.68. The maximum absolute atomic E-state index is 11.4. The highest BCUT2D eigenvalue weighted by molar-refractivity contribution is 7.92. The fourth-order valence-corrected chi connectivity index (χ4v) is 1.89. The second kappa shape index (κ2) is 5.92. The highest BCUT2D eigenvalue weighted by Gasteiger charge is 2.14. The zero-order valence-electron chi connectivity index (χ0n) is 11.4. The van der Waals surface area contributed by atoms with Crippen LogP contribution in [0.4, 0.5) is 5.69 Å². The van der Waals surface area contributed by atoms with Gasteiger partial charge in [0.1, 0.15) is 5.75 Å². The minimum absolute atomic E-state index is 0.225. The highest BCUT2D eigenvalue weighted by Crippen LogP contribution is 2.20. The number of benzene rings is 1. The molecule has 0 aliphatic heterocycles. The van der Waals surface area contributed by atoms with Crippen molar-refractivity contribution in [2.24, 2.45) is 0 Å². The summed E-state index contributed by atoms with van der Waals surface area (Å²) < 4.78 is 29.3. The molecule has 0 bridgehead atoms. The van der Waals surface area contributed by atoms with Crippen LogP contribution >= 0.6 is 0 Å². The molecule has 1 atom stereocenters. The third kappa shape index (κ3) is 4.13. The number of hydrogen-bond acceptors (Lipinski definition) is 4. The third-order valence-electron chi connectivity index (χ3n) is 2.63. The predicted molar refractivity (Wildman–Crippen MR) is 73.8 cm³/mol. The molecular formula is C12H18N2O4S. The van der Waals surface area contributed by atoms with Gasteiger partial charge >= 0.3 is 0 Å². The zero-order chi connectivity index (χ0) is 14.6. The molecule has 0 unspecified atom stereocenters. The van der Waals surface area contributed by atoms with E-state index < -0.39 is 16.1 Å². The van der Waals surface area contributed by atoms with Crippen molar-refractivity contribution in [1.29, 1.82) is 0 Å². The number of carbonyl (C=O) groups is 1. The van der Waals surface area contributed by atoms with E-state index in [4.69, 9.17) is 4.74 Å². The van der Waals surface area contributed by atoms with Crippen LogP contribution in [0.5, 0.6) is 5.75 Å². The maximum Gasteiger partial charge on any atom is 0.260 e. The van der Waals surface area contributed by atoms with Gasteiger partial charge < -0.3 is 10.1 Å². The van der Waals surface area contributed by atoms with Gasteiger partial charge in [0.05, 0.1) is 11.9 Å². The van der Waals surface area contributed by atoms with E-state index in [1.54, 1.807) is 31.2 Å². The lowest BCUT2D eigenvalue weighted by Gasteiger charge is -2.18. The van der Waals surface area contributed by atoms with Crippen LogP contribution in [0.15, 0.2) is 24.3 Å². The molecule has 106 valence electrons. The summed E-state index contributed by atoms with van der Waals surface area (Å²) in [6, 6.07) is 6.48. The lowest BCUT2D eigenvalue weighted by atomic mass is 10.3. The molecule has 1 rings (SSSR count). The Morgan fingerprint density at radius 3 is 2.26 bits per heavy atom. The third-order valence-corrected chi connectivity index (χ3v) is 3.83. The molecular weight excluding hydrogens is 268 g/mol. The second-order valence-electron chi connectivity index (χ2n) is 4.10. The Morgan fingerprint density at radius 2 is 1.84 bits per heavy atom. The van der Waals surface area contributed by atoms with Crippen molar-refractivity contribution >= 4 is 21.6 Å². The van der Waals surface area contributed by atoms with E-state index in [1.165, 1.54) is 18.4 Å². The molecule has 1 aromatic carbocycles. The molecule has 0 radical (unpaired) electrons. The number of nitrogens with one attached hydrogen (secondary N) is 1. The Kier molecular flexibility index (Phi) is 4.77. The maximum atomic E-state index is 11.4. The lowest BCUT2D eigenvalue weighted by Crippen LogP contribution is -2.33. The van der Waals surface area contributed by atoms with Crippen molar-refractivity contribution in [3.63, 3.8) is 0 Å². The van der Waals surface area contributed by atoms with Crippen molar-refractivity contribution in [2.75, 3.05) is 24.7 Å². The molecule has 0 fully saturated rings. The minimum atomic E-state index is -3.28. The number of amides is 1. The summed E-state index contributed by atoms with van der Waals surface area (Å²) in [4.78, 5) is 11.3. The lowest BCUT2D eigenvalue weighted by molar-refractivity contribution is -0.126. The van der Waals surface area contributed by atoms with Gasteiger partial charge in [-0.05, 0) is 31.2 Å². The largest absolute Gasteiger partial charge is 0.481 e. The monoisotopic (exact) mass is 286 g/mol. The fourth-order valence-electron chi connectivity index (χ4n) is 1.39. The number of ether oxygens (including phenoxy) is 1. The smallest absolute Gasteiger partial charge is 0.260 e. The summed E-state index contributed by atoms with van der Waals surface area (Å²) in [6.45, 7) is 1.63. The molecule has 7 heteroatoms. The molecule has 6 nitrogen and oxygen atoms in total. The van der Waals surface area contributed by atoms with E-state index >= 15 is 0 Å². The number of likely N-dealkylation sites (N-methyl/N-ethyl adjacent to an activating group) is 1. The van der Waals surface area contributed by atoms with Gasteiger partial charge in [-0.15, -0.1) is 0 Å². The van der Waals surface area contributed by atoms with Gasteiger partial charge in [-0.3, -0.25) is 9.10 Å². The minimum Gasteiger partial charge on any atom is -0.481 e. The summed E-state index contributed by atoms with van der Waals surface area (Å²) in [6.07, 6.45) is 0.522. The molecule has 1 aromatic rings. The Bertz CT molecular complexity index is 539. The number of carbonyl (C=O) groups excluding carboxylic acids is 1. The first kappa shape index (κ1) is 15.3. The second-order valence-corrected chi connectivity index (χ2v) is 6.11. The Hall–Kier alpha value is -1.76. The van der Waals surface area contributed by atoms with Gasteiger partial charge in [0.25, 0.3) is 5.91 Å². The first-order chi connectivity index (χ1) is 8.75. The van der Waals surface area contributed by atoms with Crippen LogP contribution in [0, 0.1) is 0 Å². The number of rotatable bonds is 5. The van der Waals surface area contributed by atoms with Gasteiger partial charge in [0, 0.05) is 14.1 Å². The molecule has 0 saturated heterocycles. The quantitative estimate of drug-likeness (QED) is 0.860. The zero-order valence-corrected chi connectivity index (χ0v) is 12.2. The SMILES string of the molecule is CNC(=O)[C@@H](C)Oc1ccc(N(C)S(C)(=O)=O)cc1. The summed E-state index contributed by atoms with van der Waals surface area (Å²) in [5.41, 5.74) is 0.530. The van der Waals surface area contributed by atoms with E-state index in [1.807, 2.05) is 0 Å². The fraction of sp³-hybridized carbons (Fsp3) is 0.417. The molecule has 0 saturated carbocycles. The highest BCUT2D eigenvalue weighted by atomic mass is 32.2. The van der Waals surface area contributed by atoms with E-state index in [-0.39, 0.29) is 5.91 Å². The van der Waals surface area contributed by atoms with Crippen molar-refractivity contribution in [3.05, 3.63) is 24.3 Å². The molecule has 19 heavy (non-hydrogen) atoms. The van der Waals surface area contributed by atoms with Gasteiger partial charge in [-0.25, -0.2) is 8.42 Å². The van der Waals surface area contributed by atoms with E-state index in [2.05, 4.69) is 5.32 Å². The van der Waals surface area contributed by atoms with Crippen molar-refractivity contribution in [2.45, 2.75) is 13.0 Å². The Labute approximate surface area is 113 Å². The summed E-state index contributed by atoms with van der Waals surface area (Å²) >= 11 is 0. The van der Waals surface area contributed by atoms with Crippen molar-refractivity contribution in [3.8, 4) is 5.75 Å². The summed E-state index contributed by atoms with van der Waals surface area (Å²) in [7, 11) is -0.276. The first-order valence-corrected chi connectivity index (χ1v) is 7.52. The average molecular weight is 286 g/mol. The number of anilines is 1. The Morgan fingerprint density at radius 1 is 1.32 bits per heavy atom. The van der Waals surface area contributed by atoms with Crippen LogP contribution in [0.25, 0.3) is 0 Å². The van der Waals surface area contributed by atoms with E-state index in [0.717, 1.165) is 6.26 Å². The van der Waals surface area contributed by atoms with Crippen LogP contribution in [-0.4, -0.2) is 40.8 Å². The standard InChI is InChI=1S/C12H18N2O4S/c1-9(12(15)13-2)18-11-7-5-10(6-8-11)14(3)19(4,16)17/h5-9H,1-4H3,(H,13,15)/t9-/m1/s1. The van der Waals surface area contributed by atoms with E-state index in [9.17, 15) is 13.2 Å².